The summed E-state index contributed by atoms with van der Waals surface area (Å²) in [6.45, 7) is 0. The van der Waals surface area contributed by atoms with Gasteiger partial charge in [-0.3, -0.25) is 0 Å². The van der Waals surface area contributed by atoms with Crippen LogP contribution in [0.2, 0.25) is 0 Å². The third-order valence-corrected chi connectivity index (χ3v) is 4.32. The summed E-state index contributed by atoms with van der Waals surface area (Å²) in [5, 5.41) is 6.88. The van der Waals surface area contributed by atoms with Crippen molar-refractivity contribution in [3.8, 4) is 0 Å². The number of pyridine rings is 1. The molecule has 0 saturated carbocycles. The Morgan fingerprint density at radius 1 is 0.920 bits per heavy atom. The number of allylic oxidation sites excluding steroid dienone is 8. The topological polar surface area (TPSA) is 49.3 Å². The predicted octanol–water partition coefficient (Wildman–Crippen LogP) is 3.59. The van der Waals surface area contributed by atoms with E-state index in [1.807, 2.05) is 54.7 Å². The van der Waals surface area contributed by atoms with E-state index in [2.05, 4.69) is 33.9 Å². The standard InChI is InChI=1S/C21H16N4/c1-3-14-11-16-7-9-18(22-16)13-19-10-8-17(23-19)12-15-4-2-6-21(25-15)20(5-1)24-14/h1-7,9-13,23-24H,8H2. The van der Waals surface area contributed by atoms with Crippen LogP contribution in [0.15, 0.2) is 94.6 Å². The van der Waals surface area contributed by atoms with Gasteiger partial charge in [0, 0.05) is 23.5 Å². The normalized spacial score (nSPS) is 20.0. The average molecular weight is 324 g/mol. The molecule has 5 rings (SSSR count). The molecule has 4 nitrogen and oxygen atoms in total. The molecule has 0 aliphatic carbocycles. The molecule has 0 amide bonds. The number of aliphatic imine (C=N–C) groups is 1. The molecule has 120 valence electrons. The zero-order valence-electron chi connectivity index (χ0n) is 13.5. The van der Waals surface area contributed by atoms with Crippen LogP contribution in [0, 0.1) is 0 Å². The van der Waals surface area contributed by atoms with Gasteiger partial charge in [0.2, 0.25) is 0 Å². The summed E-state index contributed by atoms with van der Waals surface area (Å²) in [7, 11) is 0. The van der Waals surface area contributed by atoms with Crippen molar-refractivity contribution in [3.05, 3.63) is 101 Å². The zero-order valence-corrected chi connectivity index (χ0v) is 13.5. The SMILES string of the molecule is C1=CC2=CC3=NC(=CC4=CCC(=Cc5cccc(n5)C(=C1)N2)N4)C=C3. The molecule has 0 unspecified atom stereocenters. The van der Waals surface area contributed by atoms with Gasteiger partial charge in [0.1, 0.15) is 0 Å². The van der Waals surface area contributed by atoms with Crippen LogP contribution >= 0.6 is 0 Å². The number of dihydropyridines is 1. The highest BCUT2D eigenvalue weighted by atomic mass is 14.9. The molecular weight excluding hydrogens is 308 g/mol. The maximum atomic E-state index is 4.78. The number of hydrogen-bond acceptors (Lipinski definition) is 4. The second kappa shape index (κ2) is 5.60. The summed E-state index contributed by atoms with van der Waals surface area (Å²) < 4.78 is 0. The van der Waals surface area contributed by atoms with E-state index >= 15 is 0 Å². The Morgan fingerprint density at radius 3 is 2.92 bits per heavy atom. The molecule has 4 aliphatic rings. The molecule has 0 aromatic carbocycles. The van der Waals surface area contributed by atoms with Gasteiger partial charge in [-0.15, -0.1) is 0 Å². The first-order chi connectivity index (χ1) is 12.3. The Morgan fingerprint density at radius 2 is 1.92 bits per heavy atom. The smallest absolute Gasteiger partial charge is 0.0871 e. The first kappa shape index (κ1) is 14.0. The quantitative estimate of drug-likeness (QED) is 0.767. The van der Waals surface area contributed by atoms with Crippen molar-refractivity contribution in [3.63, 3.8) is 0 Å². The second-order valence-corrected chi connectivity index (χ2v) is 6.21. The van der Waals surface area contributed by atoms with E-state index in [0.29, 0.717) is 0 Å². The predicted molar refractivity (Wildman–Crippen MR) is 101 cm³/mol. The number of fused-ring (bicyclic) bond motifs is 8. The van der Waals surface area contributed by atoms with Crippen molar-refractivity contribution < 1.29 is 0 Å². The van der Waals surface area contributed by atoms with Crippen molar-refractivity contribution >= 4 is 17.5 Å². The van der Waals surface area contributed by atoms with E-state index in [1.165, 1.54) is 0 Å². The number of hydrogen-bond donors (Lipinski definition) is 2. The molecule has 1 aromatic rings. The highest BCUT2D eigenvalue weighted by molar-refractivity contribution is 6.07. The molecule has 8 bridgehead atoms. The molecule has 0 atom stereocenters. The van der Waals surface area contributed by atoms with E-state index in [4.69, 9.17) is 4.98 Å². The van der Waals surface area contributed by atoms with E-state index in [-0.39, 0.29) is 0 Å². The van der Waals surface area contributed by atoms with Crippen LogP contribution in [-0.2, 0) is 0 Å². The Labute approximate surface area is 146 Å². The average Bonchev–Trinajstić information content (AvgIpc) is 3.25. The lowest BCUT2D eigenvalue weighted by molar-refractivity contribution is 1.04. The van der Waals surface area contributed by atoms with Gasteiger partial charge in [-0.05, 0) is 54.7 Å². The van der Waals surface area contributed by atoms with Gasteiger partial charge < -0.3 is 10.6 Å². The van der Waals surface area contributed by atoms with Gasteiger partial charge >= 0.3 is 0 Å². The lowest BCUT2D eigenvalue weighted by atomic mass is 10.1. The van der Waals surface area contributed by atoms with Crippen molar-refractivity contribution in [1.82, 2.24) is 15.6 Å². The van der Waals surface area contributed by atoms with E-state index in [1.54, 1.807) is 0 Å². The van der Waals surface area contributed by atoms with Crippen molar-refractivity contribution in [2.75, 3.05) is 0 Å². The maximum absolute atomic E-state index is 4.78. The van der Waals surface area contributed by atoms with Gasteiger partial charge in [-0.1, -0.05) is 18.2 Å². The lowest BCUT2D eigenvalue weighted by Crippen LogP contribution is -2.15. The summed E-state index contributed by atoms with van der Waals surface area (Å²) in [6, 6.07) is 6.09. The van der Waals surface area contributed by atoms with Crippen LogP contribution in [-0.4, -0.2) is 10.7 Å². The highest BCUT2D eigenvalue weighted by Gasteiger charge is 2.13. The monoisotopic (exact) mass is 324 g/mol. The summed E-state index contributed by atoms with van der Waals surface area (Å²) in [5.41, 5.74) is 7.97. The fourth-order valence-corrected chi connectivity index (χ4v) is 3.15. The van der Waals surface area contributed by atoms with Gasteiger partial charge in [-0.25, -0.2) is 9.98 Å². The molecule has 4 heteroatoms. The van der Waals surface area contributed by atoms with Crippen LogP contribution < -0.4 is 10.6 Å². The molecule has 0 spiro atoms. The minimum atomic E-state index is 0.874. The van der Waals surface area contributed by atoms with Crippen molar-refractivity contribution in [2.24, 2.45) is 4.99 Å². The molecule has 0 radical (unpaired) electrons. The van der Waals surface area contributed by atoms with Gasteiger partial charge in [-0.2, -0.15) is 0 Å². The fourth-order valence-electron chi connectivity index (χ4n) is 3.15. The van der Waals surface area contributed by atoms with Crippen LogP contribution in [0.1, 0.15) is 17.8 Å². The van der Waals surface area contributed by atoms with E-state index < -0.39 is 0 Å². The molecular formula is C21H16N4. The van der Waals surface area contributed by atoms with Crippen LogP contribution in [0.25, 0.3) is 11.8 Å². The molecule has 0 saturated heterocycles. The zero-order chi connectivity index (χ0) is 16.6. The molecule has 25 heavy (non-hydrogen) atoms. The van der Waals surface area contributed by atoms with Crippen molar-refractivity contribution in [2.45, 2.75) is 6.42 Å². The van der Waals surface area contributed by atoms with Crippen LogP contribution in [0.4, 0.5) is 0 Å². The summed E-state index contributed by atoms with van der Waals surface area (Å²) in [6.07, 6.45) is 19.4. The largest absolute Gasteiger partial charge is 0.359 e. The number of nitrogens with zero attached hydrogens (tertiary/aromatic N) is 2. The first-order valence-corrected chi connectivity index (χ1v) is 8.33. The maximum Gasteiger partial charge on any atom is 0.0871 e. The first-order valence-electron chi connectivity index (χ1n) is 8.33. The van der Waals surface area contributed by atoms with Crippen LogP contribution in [0.3, 0.4) is 0 Å². The van der Waals surface area contributed by atoms with Gasteiger partial charge in [0.25, 0.3) is 0 Å². The van der Waals surface area contributed by atoms with Crippen LogP contribution in [0.5, 0.6) is 0 Å². The Bertz CT molecular complexity index is 1010. The van der Waals surface area contributed by atoms with E-state index in [0.717, 1.165) is 52.0 Å². The van der Waals surface area contributed by atoms with Gasteiger partial charge in [0.05, 0.1) is 28.5 Å². The summed E-state index contributed by atoms with van der Waals surface area (Å²) in [5.74, 6) is 0. The molecule has 2 N–H and O–H groups in total. The number of rotatable bonds is 0. The third-order valence-electron chi connectivity index (χ3n) is 4.32. The summed E-state index contributed by atoms with van der Waals surface area (Å²) in [4.78, 5) is 9.45. The van der Waals surface area contributed by atoms with E-state index in [9.17, 15) is 0 Å². The molecule has 4 aliphatic heterocycles. The number of nitrogens with one attached hydrogen (secondary N) is 2. The minimum absolute atomic E-state index is 0.874. The Kier molecular flexibility index (Phi) is 3.13. The van der Waals surface area contributed by atoms with Gasteiger partial charge in [0.15, 0.2) is 0 Å². The van der Waals surface area contributed by atoms with Crippen molar-refractivity contribution in [1.29, 1.82) is 0 Å². The molecule has 5 heterocycles. The second-order valence-electron chi connectivity index (χ2n) is 6.21. The highest BCUT2D eigenvalue weighted by Crippen LogP contribution is 2.22. The minimum Gasteiger partial charge on any atom is -0.359 e. The summed E-state index contributed by atoms with van der Waals surface area (Å²) >= 11 is 0. The third kappa shape index (κ3) is 2.78. The molecule has 1 aromatic heterocycles. The fraction of sp³-hybridized carbons (Fsp3) is 0.0476. The Balaban J connectivity index is 1.64. The Hall–Kier alpha value is -3.40. The molecule has 0 fully saturated rings. The number of aromatic nitrogens is 1. The lowest BCUT2D eigenvalue weighted by Gasteiger charge is -2.15.